The van der Waals surface area contributed by atoms with Crippen LogP contribution in [0.2, 0.25) is 0 Å². The first-order valence-corrected chi connectivity index (χ1v) is 6.74. The second-order valence-corrected chi connectivity index (χ2v) is 5.41. The van der Waals surface area contributed by atoms with E-state index in [9.17, 15) is 0 Å². The molecule has 3 rings (SSSR count). The molecule has 0 fully saturated rings. The number of hydrogen-bond acceptors (Lipinski definition) is 4. The normalized spacial score (nSPS) is 11.2. The zero-order chi connectivity index (χ0) is 11.8. The highest BCUT2D eigenvalue weighted by atomic mass is 79.9. The Kier molecular flexibility index (Phi) is 2.64. The monoisotopic (exact) mass is 310 g/mol. The van der Waals surface area contributed by atoms with Gasteiger partial charge in [0.15, 0.2) is 17.4 Å². The lowest BCUT2D eigenvalue weighted by Gasteiger charge is -1.97. The summed E-state index contributed by atoms with van der Waals surface area (Å²) in [7, 11) is 0. The van der Waals surface area contributed by atoms with E-state index in [0.29, 0.717) is 0 Å². The lowest BCUT2D eigenvalue weighted by molar-refractivity contribution is -0.693. The van der Waals surface area contributed by atoms with Gasteiger partial charge in [-0.1, -0.05) is 11.3 Å². The van der Waals surface area contributed by atoms with Crippen LogP contribution in [0.5, 0.6) is 0 Å². The second kappa shape index (κ2) is 4.15. The van der Waals surface area contributed by atoms with Crippen LogP contribution >= 0.6 is 27.3 Å². The summed E-state index contributed by atoms with van der Waals surface area (Å²) in [4.78, 5) is 0.808. The number of fused-ring (bicyclic) bond motifs is 1. The fourth-order valence-corrected chi connectivity index (χ4v) is 2.88. The molecule has 17 heavy (non-hydrogen) atoms. The third-order valence-corrected chi connectivity index (χ3v) is 3.78. The van der Waals surface area contributed by atoms with Gasteiger partial charge in [-0.25, -0.2) is 4.57 Å². The van der Waals surface area contributed by atoms with Crippen LogP contribution in [0.1, 0.15) is 6.92 Å². The lowest BCUT2D eigenvalue weighted by atomic mass is 10.3. The second-order valence-electron chi connectivity index (χ2n) is 3.54. The standard InChI is InChI=1S/C10H9BrN5S/c1-2-15-4-7(3-8(11)5-15)9-14-16-6-12-13-10(16)17-9/h3-6H,2H2,1H3/q+1. The van der Waals surface area contributed by atoms with Crippen LogP contribution in [-0.4, -0.2) is 19.8 Å². The van der Waals surface area contributed by atoms with Crippen molar-refractivity contribution in [1.82, 2.24) is 19.8 Å². The molecule has 0 bridgehead atoms. The fraction of sp³-hybridized carbons (Fsp3) is 0.200. The quantitative estimate of drug-likeness (QED) is 0.679. The van der Waals surface area contributed by atoms with Crippen LogP contribution < -0.4 is 4.57 Å². The minimum absolute atomic E-state index is 0.808. The highest BCUT2D eigenvalue weighted by Gasteiger charge is 2.12. The summed E-state index contributed by atoms with van der Waals surface area (Å²) in [5.74, 6) is 0. The zero-order valence-electron chi connectivity index (χ0n) is 9.04. The van der Waals surface area contributed by atoms with E-state index in [-0.39, 0.29) is 0 Å². The van der Waals surface area contributed by atoms with Crippen LogP contribution in [-0.2, 0) is 6.54 Å². The summed E-state index contributed by atoms with van der Waals surface area (Å²) in [5.41, 5.74) is 1.08. The van der Waals surface area contributed by atoms with Crippen molar-refractivity contribution in [2.24, 2.45) is 0 Å². The van der Waals surface area contributed by atoms with Gasteiger partial charge in [0.1, 0.15) is 12.9 Å². The molecule has 0 aliphatic rings. The molecular weight excluding hydrogens is 302 g/mol. The Morgan fingerprint density at radius 3 is 3.12 bits per heavy atom. The van der Waals surface area contributed by atoms with Crippen LogP contribution in [0.25, 0.3) is 15.5 Å². The van der Waals surface area contributed by atoms with Gasteiger partial charge < -0.3 is 0 Å². The number of nitrogens with zero attached hydrogens (tertiary/aromatic N) is 5. The predicted molar refractivity (Wildman–Crippen MR) is 67.7 cm³/mol. The number of aromatic nitrogens is 5. The molecule has 3 aromatic heterocycles. The SMILES string of the molecule is CC[n+]1cc(Br)cc(-c2nn3cnnc3s2)c1. The van der Waals surface area contributed by atoms with Crippen molar-refractivity contribution < 1.29 is 4.57 Å². The maximum absolute atomic E-state index is 4.44. The summed E-state index contributed by atoms with van der Waals surface area (Å²) in [6.45, 7) is 3.03. The molecule has 86 valence electrons. The summed E-state index contributed by atoms with van der Waals surface area (Å²) < 4.78 is 4.85. The van der Waals surface area contributed by atoms with Gasteiger partial charge in [0, 0.05) is 0 Å². The van der Waals surface area contributed by atoms with Crippen molar-refractivity contribution >= 4 is 32.2 Å². The van der Waals surface area contributed by atoms with Crippen molar-refractivity contribution in [2.45, 2.75) is 13.5 Å². The van der Waals surface area contributed by atoms with Crippen LogP contribution in [0.4, 0.5) is 0 Å². The summed E-state index contributed by atoms with van der Waals surface area (Å²) in [6.07, 6.45) is 5.74. The highest BCUT2D eigenvalue weighted by Crippen LogP contribution is 2.25. The number of rotatable bonds is 2. The van der Waals surface area contributed by atoms with Gasteiger partial charge >= 0.3 is 0 Å². The van der Waals surface area contributed by atoms with Crippen molar-refractivity contribution in [1.29, 1.82) is 0 Å². The van der Waals surface area contributed by atoms with Gasteiger partial charge in [0.2, 0.25) is 4.96 Å². The van der Waals surface area contributed by atoms with E-state index in [0.717, 1.165) is 26.5 Å². The minimum atomic E-state index is 0.808. The number of halogens is 1. The molecule has 3 heterocycles. The summed E-state index contributed by atoms with van der Waals surface area (Å²) in [5, 5.41) is 13.2. The number of hydrogen-bond donors (Lipinski definition) is 0. The van der Waals surface area contributed by atoms with E-state index in [1.165, 1.54) is 11.3 Å². The Labute approximate surface area is 110 Å². The molecular formula is C10H9BrN5S+. The van der Waals surface area contributed by atoms with Gasteiger partial charge in [0.25, 0.3) is 0 Å². The van der Waals surface area contributed by atoms with Crippen molar-refractivity contribution in [3.05, 3.63) is 29.3 Å². The molecule has 0 aliphatic carbocycles. The lowest BCUT2D eigenvalue weighted by Crippen LogP contribution is -2.31. The molecule has 0 saturated heterocycles. The Balaban J connectivity index is 2.14. The Morgan fingerprint density at radius 1 is 1.47 bits per heavy atom. The molecule has 0 aromatic carbocycles. The van der Waals surface area contributed by atoms with Gasteiger partial charge in [-0.3, -0.25) is 0 Å². The predicted octanol–water partition coefficient (Wildman–Crippen LogP) is 1.92. The third kappa shape index (κ3) is 1.96. The molecule has 0 unspecified atom stereocenters. The van der Waals surface area contributed by atoms with E-state index in [1.807, 2.05) is 6.20 Å². The van der Waals surface area contributed by atoms with E-state index in [1.54, 1.807) is 10.8 Å². The molecule has 7 heteroatoms. The molecule has 0 radical (unpaired) electrons. The van der Waals surface area contributed by atoms with Crippen LogP contribution in [0.3, 0.4) is 0 Å². The first-order valence-electron chi connectivity index (χ1n) is 5.13. The largest absolute Gasteiger partial charge is 0.234 e. The minimum Gasteiger partial charge on any atom is -0.204 e. The van der Waals surface area contributed by atoms with Crippen molar-refractivity contribution in [3.63, 3.8) is 0 Å². The number of aryl methyl sites for hydroxylation is 1. The van der Waals surface area contributed by atoms with E-state index in [4.69, 9.17) is 0 Å². The van der Waals surface area contributed by atoms with Gasteiger partial charge in [-0.15, -0.1) is 10.2 Å². The Morgan fingerprint density at radius 2 is 2.35 bits per heavy atom. The first kappa shape index (κ1) is 10.8. The van der Waals surface area contributed by atoms with Crippen LogP contribution in [0.15, 0.2) is 29.3 Å². The topological polar surface area (TPSA) is 47.0 Å². The van der Waals surface area contributed by atoms with Gasteiger partial charge in [-0.2, -0.15) is 9.61 Å². The van der Waals surface area contributed by atoms with Gasteiger partial charge in [0.05, 0.1) is 10.0 Å². The average molecular weight is 311 g/mol. The fourth-order valence-electron chi connectivity index (χ4n) is 1.57. The van der Waals surface area contributed by atoms with E-state index < -0.39 is 0 Å². The average Bonchev–Trinajstić information content (AvgIpc) is 2.88. The first-order chi connectivity index (χ1) is 8.26. The van der Waals surface area contributed by atoms with Crippen molar-refractivity contribution in [2.75, 3.05) is 0 Å². The molecule has 0 spiro atoms. The van der Waals surface area contributed by atoms with E-state index >= 15 is 0 Å². The maximum Gasteiger partial charge on any atom is 0.234 e. The summed E-state index contributed by atoms with van der Waals surface area (Å²) >= 11 is 5.04. The molecule has 0 amide bonds. The Hall–Kier alpha value is -1.34. The zero-order valence-corrected chi connectivity index (χ0v) is 11.4. The molecule has 0 atom stereocenters. The molecule has 0 aliphatic heterocycles. The maximum atomic E-state index is 4.44. The van der Waals surface area contributed by atoms with Gasteiger partial charge in [-0.05, 0) is 28.9 Å². The third-order valence-electron chi connectivity index (χ3n) is 2.39. The van der Waals surface area contributed by atoms with Crippen LogP contribution in [0, 0.1) is 0 Å². The summed E-state index contributed by atoms with van der Waals surface area (Å²) in [6, 6.07) is 2.05. The molecule has 5 nitrogen and oxygen atoms in total. The number of pyridine rings is 1. The highest BCUT2D eigenvalue weighted by molar-refractivity contribution is 9.10. The molecule has 3 aromatic rings. The smallest absolute Gasteiger partial charge is 0.204 e. The Bertz CT molecular complexity index is 646. The van der Waals surface area contributed by atoms with Crippen molar-refractivity contribution in [3.8, 4) is 10.6 Å². The molecule has 0 N–H and O–H groups in total. The van der Waals surface area contributed by atoms with E-state index in [2.05, 4.69) is 55.0 Å². The molecule has 0 saturated carbocycles.